The van der Waals surface area contributed by atoms with Crippen LogP contribution in [0.15, 0.2) is 36.7 Å². The van der Waals surface area contributed by atoms with Gasteiger partial charge in [-0.15, -0.1) is 0 Å². The van der Waals surface area contributed by atoms with Crippen molar-refractivity contribution in [3.05, 3.63) is 59.6 Å². The Morgan fingerprint density at radius 3 is 2.45 bits per heavy atom. The van der Waals surface area contributed by atoms with E-state index in [1.54, 1.807) is 25.3 Å². The van der Waals surface area contributed by atoms with Gasteiger partial charge >= 0.3 is 5.91 Å². The number of rotatable bonds is 10. The Kier molecular flexibility index (Phi) is 7.18. The van der Waals surface area contributed by atoms with Gasteiger partial charge in [-0.25, -0.2) is 23.9 Å². The first-order valence-electron chi connectivity index (χ1n) is 12.8. The van der Waals surface area contributed by atoms with Gasteiger partial charge in [-0.2, -0.15) is 9.49 Å². The molecule has 2 aliphatic carbocycles. The minimum atomic E-state index is -2.68. The van der Waals surface area contributed by atoms with Gasteiger partial charge in [0.05, 0.1) is 5.56 Å². The largest absolute Gasteiger partial charge is 0.337 e. The van der Waals surface area contributed by atoms with Gasteiger partial charge in [0.1, 0.15) is 18.3 Å². The average molecular weight is 528 g/mol. The zero-order valence-corrected chi connectivity index (χ0v) is 21.2. The molecule has 5 rings (SSSR count). The summed E-state index contributed by atoms with van der Waals surface area (Å²) in [7, 11) is 0. The minimum Gasteiger partial charge on any atom is -0.337 e. The van der Waals surface area contributed by atoms with Gasteiger partial charge < -0.3 is 5.32 Å². The van der Waals surface area contributed by atoms with Crippen molar-refractivity contribution in [2.75, 3.05) is 5.32 Å². The van der Waals surface area contributed by atoms with Crippen LogP contribution >= 0.6 is 0 Å². The Bertz CT molecular complexity index is 1340. The van der Waals surface area contributed by atoms with Crippen LogP contribution < -0.4 is 15.6 Å². The first-order chi connectivity index (χ1) is 18.2. The van der Waals surface area contributed by atoms with Crippen LogP contribution in [0.25, 0.3) is 11.1 Å². The highest BCUT2D eigenvalue weighted by Gasteiger charge is 2.49. The van der Waals surface area contributed by atoms with Gasteiger partial charge in [-0.1, -0.05) is 0 Å². The number of nitrogens with one attached hydrogen (secondary N) is 3. The standard InChI is InChI=1S/C27H29F3N6O2/c1-14-11-19(15(2)31-12-14)18-7-8-22(33-25(18)30)34-27(38)24(23(16-3-4-16)17-5-6-17)35-26(37)20-9-10-32-36(20)13-21(28)29/h7-12,16-17,21,23-24H,3-6,13H2,1-2H3,(H,35,37)(H,33,34,38)/p+1/t24-/m0/s1. The van der Waals surface area contributed by atoms with Crippen molar-refractivity contribution in [1.82, 2.24) is 20.1 Å². The molecule has 0 bridgehead atoms. The highest BCUT2D eigenvalue weighted by Crippen LogP contribution is 2.50. The molecule has 0 aliphatic heterocycles. The van der Waals surface area contributed by atoms with E-state index in [-0.39, 0.29) is 17.4 Å². The first-order valence-corrected chi connectivity index (χ1v) is 12.8. The third kappa shape index (κ3) is 5.71. The van der Waals surface area contributed by atoms with Crippen molar-refractivity contribution < 1.29 is 27.7 Å². The normalized spacial score (nSPS) is 16.1. The summed E-state index contributed by atoms with van der Waals surface area (Å²) < 4.78 is 41.9. The molecule has 2 amide bonds. The van der Waals surface area contributed by atoms with Crippen LogP contribution in [-0.2, 0) is 11.3 Å². The van der Waals surface area contributed by atoms with Crippen LogP contribution in [0.4, 0.5) is 19.0 Å². The fourth-order valence-corrected chi connectivity index (χ4v) is 5.11. The Balaban J connectivity index is 1.38. The maximum absolute atomic E-state index is 15.1. The molecule has 1 atom stereocenters. The quantitative estimate of drug-likeness (QED) is 0.390. The van der Waals surface area contributed by atoms with E-state index in [0.717, 1.165) is 35.9 Å². The van der Waals surface area contributed by atoms with Crippen molar-refractivity contribution in [1.29, 1.82) is 0 Å². The number of halogens is 3. The lowest BCUT2D eigenvalue weighted by atomic mass is 9.88. The van der Waals surface area contributed by atoms with Crippen LogP contribution in [0.2, 0.25) is 0 Å². The van der Waals surface area contributed by atoms with Crippen LogP contribution in [0.1, 0.15) is 47.4 Å². The molecule has 0 spiro atoms. The number of alkyl halides is 2. The van der Waals surface area contributed by atoms with E-state index in [0.29, 0.717) is 28.7 Å². The second-order valence-corrected chi connectivity index (χ2v) is 10.2. The molecule has 11 heteroatoms. The van der Waals surface area contributed by atoms with Crippen molar-refractivity contribution in [3.63, 3.8) is 0 Å². The zero-order chi connectivity index (χ0) is 27.0. The Hall–Kier alpha value is -3.76. The lowest BCUT2D eigenvalue weighted by molar-refractivity contribution is -0.404. The number of hydrogen-bond donors (Lipinski definition) is 2. The van der Waals surface area contributed by atoms with Crippen molar-refractivity contribution in [3.8, 4) is 11.1 Å². The summed E-state index contributed by atoms with van der Waals surface area (Å²) in [5.74, 6) is -1.12. The van der Waals surface area contributed by atoms with Gasteiger partial charge in [0.25, 0.3) is 24.1 Å². The molecule has 8 nitrogen and oxygen atoms in total. The zero-order valence-electron chi connectivity index (χ0n) is 21.2. The predicted molar refractivity (Wildman–Crippen MR) is 133 cm³/mol. The molecule has 38 heavy (non-hydrogen) atoms. The van der Waals surface area contributed by atoms with Gasteiger partial charge in [-0.3, -0.25) is 14.5 Å². The molecule has 3 aromatic rings. The molecule has 2 saturated carbocycles. The number of nitrogens with zero attached hydrogens (tertiary/aromatic N) is 3. The van der Waals surface area contributed by atoms with E-state index in [2.05, 4.69) is 25.7 Å². The highest BCUT2D eigenvalue weighted by atomic mass is 19.3. The first kappa shape index (κ1) is 25.9. The van der Waals surface area contributed by atoms with Crippen LogP contribution in [0.5, 0.6) is 0 Å². The van der Waals surface area contributed by atoms with E-state index >= 15 is 4.39 Å². The molecular formula is C27H30F3N6O2+. The fraction of sp³-hybridized carbons (Fsp3) is 0.444. The van der Waals surface area contributed by atoms with Gasteiger partial charge in [0, 0.05) is 29.7 Å². The number of anilines is 1. The number of H-pyrrole nitrogens is 1. The molecule has 2 aliphatic rings. The molecule has 0 unspecified atom stereocenters. The number of aromatic amines is 1. The topological polar surface area (TPSA) is 103 Å². The Labute approximate surface area is 218 Å². The molecule has 200 valence electrons. The van der Waals surface area contributed by atoms with Crippen molar-refractivity contribution in [2.45, 2.75) is 58.5 Å². The maximum atomic E-state index is 15.1. The molecule has 0 aromatic carbocycles. The van der Waals surface area contributed by atoms with Crippen LogP contribution in [0.3, 0.4) is 0 Å². The number of carbonyl (C=O) groups excluding carboxylic acids is 2. The summed E-state index contributed by atoms with van der Waals surface area (Å²) in [5, 5.41) is 9.33. The summed E-state index contributed by atoms with van der Waals surface area (Å²) in [6.07, 6.45) is 4.15. The number of amides is 2. The number of pyridine rings is 2. The van der Waals surface area contributed by atoms with E-state index in [1.807, 2.05) is 13.0 Å². The molecule has 0 saturated heterocycles. The molecule has 3 heterocycles. The second kappa shape index (κ2) is 10.5. The van der Waals surface area contributed by atoms with E-state index in [9.17, 15) is 18.4 Å². The van der Waals surface area contributed by atoms with Gasteiger partial charge in [0.15, 0.2) is 0 Å². The monoisotopic (exact) mass is 527 g/mol. The predicted octanol–water partition coefficient (Wildman–Crippen LogP) is 3.95. The lowest BCUT2D eigenvalue weighted by Crippen LogP contribution is -2.50. The van der Waals surface area contributed by atoms with Gasteiger partial charge in [0.2, 0.25) is 0 Å². The van der Waals surface area contributed by atoms with E-state index < -0.39 is 36.8 Å². The lowest BCUT2D eigenvalue weighted by Gasteiger charge is -2.25. The SMILES string of the molecule is Cc1cnc(C)c(-c2ccc(NC(=O)[C@@H](NC(=O)c3ccnn3CC(F)F)C(C3CC3)C3CC3)[nH+]c2F)c1. The molecular weight excluding hydrogens is 497 g/mol. The maximum Gasteiger partial charge on any atom is 0.330 e. The number of aryl methyl sites for hydroxylation is 2. The number of aromatic nitrogens is 4. The third-order valence-electron chi connectivity index (χ3n) is 7.22. The average Bonchev–Trinajstić information content (AvgIpc) is 3.80. The van der Waals surface area contributed by atoms with E-state index in [4.69, 9.17) is 0 Å². The fourth-order valence-electron chi connectivity index (χ4n) is 5.11. The van der Waals surface area contributed by atoms with Crippen molar-refractivity contribution in [2.24, 2.45) is 17.8 Å². The Morgan fingerprint density at radius 1 is 1.11 bits per heavy atom. The smallest absolute Gasteiger partial charge is 0.330 e. The molecule has 3 N–H and O–H groups in total. The van der Waals surface area contributed by atoms with Gasteiger partial charge in [-0.05, 0) is 81.0 Å². The molecule has 2 fully saturated rings. The Morgan fingerprint density at radius 2 is 1.82 bits per heavy atom. The summed E-state index contributed by atoms with van der Waals surface area (Å²) in [6.45, 7) is 2.94. The van der Waals surface area contributed by atoms with Crippen LogP contribution in [0, 0.1) is 37.5 Å². The van der Waals surface area contributed by atoms with Crippen molar-refractivity contribution >= 4 is 17.6 Å². The second-order valence-electron chi connectivity index (χ2n) is 10.2. The summed E-state index contributed by atoms with van der Waals surface area (Å²) in [4.78, 5) is 33.5. The number of hydrogen-bond acceptors (Lipinski definition) is 4. The summed E-state index contributed by atoms with van der Waals surface area (Å²) >= 11 is 0. The molecule has 0 radical (unpaired) electrons. The number of carbonyl (C=O) groups is 2. The molecule has 3 aromatic heterocycles. The summed E-state index contributed by atoms with van der Waals surface area (Å²) in [5.41, 5.74) is 2.48. The third-order valence-corrected chi connectivity index (χ3v) is 7.22. The van der Waals surface area contributed by atoms with Crippen LogP contribution in [-0.4, -0.2) is 39.0 Å². The minimum absolute atomic E-state index is 0.0439. The summed E-state index contributed by atoms with van der Waals surface area (Å²) in [6, 6.07) is 5.42. The highest BCUT2D eigenvalue weighted by molar-refractivity contribution is 6.00. The van der Waals surface area contributed by atoms with E-state index in [1.165, 1.54) is 12.3 Å².